The van der Waals surface area contributed by atoms with E-state index in [2.05, 4.69) is 15.9 Å². The van der Waals surface area contributed by atoms with Crippen LogP contribution in [-0.2, 0) is 10.6 Å². The predicted octanol–water partition coefficient (Wildman–Crippen LogP) is 4.40. The zero-order chi connectivity index (χ0) is 10.1. The summed E-state index contributed by atoms with van der Waals surface area (Å²) < 4.78 is 38.0. The third-order valence-corrected chi connectivity index (χ3v) is 2.84. The number of benzene rings is 1. The van der Waals surface area contributed by atoms with Crippen LogP contribution >= 0.6 is 38.5 Å². The number of halogens is 5. The Morgan fingerprint density at radius 2 is 1.92 bits per heavy atom. The first-order valence-electron chi connectivity index (χ1n) is 3.36. The van der Waals surface area contributed by atoms with Gasteiger partial charge in [-0.05, 0) is 17.7 Å². The van der Waals surface area contributed by atoms with Gasteiger partial charge in [-0.25, -0.2) is 0 Å². The lowest BCUT2D eigenvalue weighted by atomic mass is 10.1. The molecule has 13 heavy (non-hydrogen) atoms. The van der Waals surface area contributed by atoms with Crippen molar-refractivity contribution in [2.45, 2.75) is 10.6 Å². The van der Waals surface area contributed by atoms with Gasteiger partial charge in [0.05, 0.1) is 5.56 Å². The number of hydrogen-bond acceptors (Lipinski definition) is 0. The molecule has 0 amide bonds. The summed E-state index contributed by atoms with van der Waals surface area (Å²) in [7, 11) is 0. The molecule has 0 saturated heterocycles. The van der Waals surface area contributed by atoms with Crippen molar-refractivity contribution in [1.29, 1.82) is 0 Å². The zero-order valence-electron chi connectivity index (χ0n) is 6.33. The average molecular weight is 365 g/mol. The second-order valence-electron chi connectivity index (χ2n) is 2.43. The van der Waals surface area contributed by atoms with Crippen molar-refractivity contribution in [3.8, 4) is 0 Å². The highest BCUT2D eigenvalue weighted by molar-refractivity contribution is 14.1. The molecule has 5 heteroatoms. The van der Waals surface area contributed by atoms with Crippen molar-refractivity contribution in [1.82, 2.24) is 0 Å². The van der Waals surface area contributed by atoms with Crippen LogP contribution in [0.25, 0.3) is 0 Å². The topological polar surface area (TPSA) is 0 Å². The SMILES string of the molecule is FC(F)(F)c1cc(Br)ccc1CI. The number of hydrogen-bond donors (Lipinski definition) is 0. The summed E-state index contributed by atoms with van der Waals surface area (Å²) >= 11 is 4.93. The summed E-state index contributed by atoms with van der Waals surface area (Å²) in [5, 5.41) is 0. The average Bonchev–Trinajstić information content (AvgIpc) is 2.03. The summed E-state index contributed by atoms with van der Waals surface area (Å²) in [6.07, 6.45) is -4.26. The maximum absolute atomic E-state index is 12.4. The van der Waals surface area contributed by atoms with Gasteiger partial charge in [0.2, 0.25) is 0 Å². The van der Waals surface area contributed by atoms with Crippen LogP contribution in [0.4, 0.5) is 13.2 Å². The highest BCUT2D eigenvalue weighted by atomic mass is 127. The van der Waals surface area contributed by atoms with E-state index in [1.54, 1.807) is 6.07 Å². The fourth-order valence-corrected chi connectivity index (χ4v) is 1.96. The summed E-state index contributed by atoms with van der Waals surface area (Å²) in [6, 6.07) is 4.20. The molecule has 72 valence electrons. The molecule has 0 saturated carbocycles. The van der Waals surface area contributed by atoms with E-state index in [0.717, 1.165) is 6.07 Å². The molecule has 1 rings (SSSR count). The quantitative estimate of drug-likeness (QED) is 0.511. The Labute approximate surface area is 95.8 Å². The molecule has 0 unspecified atom stereocenters. The maximum Gasteiger partial charge on any atom is 0.416 e. The smallest absolute Gasteiger partial charge is 0.166 e. The second kappa shape index (κ2) is 4.16. The molecule has 1 aromatic rings. The molecular weight excluding hydrogens is 360 g/mol. The van der Waals surface area contributed by atoms with E-state index in [4.69, 9.17) is 0 Å². The van der Waals surface area contributed by atoms with E-state index >= 15 is 0 Å². The van der Waals surface area contributed by atoms with Crippen LogP contribution in [0.1, 0.15) is 11.1 Å². The van der Waals surface area contributed by atoms with Crippen LogP contribution in [0, 0.1) is 0 Å². The van der Waals surface area contributed by atoms with Gasteiger partial charge in [0.1, 0.15) is 0 Å². The Morgan fingerprint density at radius 3 is 2.38 bits per heavy atom. The molecule has 1 aromatic carbocycles. The highest BCUT2D eigenvalue weighted by Crippen LogP contribution is 2.34. The molecule has 0 heterocycles. The van der Waals surface area contributed by atoms with Gasteiger partial charge in [-0.15, -0.1) is 0 Å². The van der Waals surface area contributed by atoms with E-state index in [1.165, 1.54) is 6.07 Å². The van der Waals surface area contributed by atoms with Crippen LogP contribution in [0.2, 0.25) is 0 Å². The summed E-state index contributed by atoms with van der Waals surface area (Å²) in [6.45, 7) is 0. The molecule has 0 fully saturated rings. The monoisotopic (exact) mass is 364 g/mol. The minimum atomic E-state index is -4.26. The van der Waals surface area contributed by atoms with Crippen LogP contribution in [0.5, 0.6) is 0 Å². The van der Waals surface area contributed by atoms with E-state index in [0.29, 0.717) is 14.5 Å². The van der Waals surface area contributed by atoms with Gasteiger partial charge in [0.25, 0.3) is 0 Å². The Kier molecular flexibility index (Phi) is 3.62. The summed E-state index contributed by atoms with van der Waals surface area (Å²) in [5.74, 6) is 0. The third-order valence-electron chi connectivity index (χ3n) is 1.52. The molecule has 0 aliphatic heterocycles. The van der Waals surface area contributed by atoms with Crippen LogP contribution in [0.3, 0.4) is 0 Å². The highest BCUT2D eigenvalue weighted by Gasteiger charge is 2.32. The molecule has 0 radical (unpaired) electrons. The molecule has 0 atom stereocenters. The molecule has 0 N–H and O–H groups in total. The normalized spacial score (nSPS) is 11.8. The maximum atomic E-state index is 12.4. The van der Waals surface area contributed by atoms with Gasteiger partial charge in [0.15, 0.2) is 0 Å². The number of rotatable bonds is 1. The van der Waals surface area contributed by atoms with Crippen molar-refractivity contribution in [3.05, 3.63) is 33.8 Å². The first-order valence-corrected chi connectivity index (χ1v) is 5.68. The van der Waals surface area contributed by atoms with E-state index < -0.39 is 11.7 Å². The molecule has 0 aliphatic carbocycles. The number of alkyl halides is 4. The van der Waals surface area contributed by atoms with E-state index in [-0.39, 0.29) is 0 Å². The van der Waals surface area contributed by atoms with Gasteiger partial charge in [-0.3, -0.25) is 0 Å². The lowest BCUT2D eigenvalue weighted by Crippen LogP contribution is -2.08. The molecule has 0 bridgehead atoms. The molecular formula is C8H5BrF3I. The predicted molar refractivity (Wildman–Crippen MR) is 56.9 cm³/mol. The Bertz CT molecular complexity index is 309. The Balaban J connectivity index is 3.24. The van der Waals surface area contributed by atoms with Crippen LogP contribution in [0.15, 0.2) is 22.7 Å². The second-order valence-corrected chi connectivity index (χ2v) is 4.11. The van der Waals surface area contributed by atoms with Crippen LogP contribution < -0.4 is 0 Å². The van der Waals surface area contributed by atoms with Gasteiger partial charge >= 0.3 is 6.18 Å². The van der Waals surface area contributed by atoms with Crippen LogP contribution in [-0.4, -0.2) is 0 Å². The minimum Gasteiger partial charge on any atom is -0.166 e. The van der Waals surface area contributed by atoms with Gasteiger partial charge < -0.3 is 0 Å². The molecule has 0 aromatic heterocycles. The largest absolute Gasteiger partial charge is 0.416 e. The van der Waals surface area contributed by atoms with E-state index in [1.807, 2.05) is 22.6 Å². The van der Waals surface area contributed by atoms with Gasteiger partial charge in [-0.1, -0.05) is 44.6 Å². The molecule has 0 spiro atoms. The minimum absolute atomic E-state index is 0.316. The van der Waals surface area contributed by atoms with Gasteiger partial charge in [0, 0.05) is 8.90 Å². The first kappa shape index (κ1) is 11.3. The Hall–Kier alpha value is 0.220. The molecule has 0 aliphatic rings. The van der Waals surface area contributed by atoms with Crippen molar-refractivity contribution >= 4 is 38.5 Å². The summed E-state index contributed by atoms with van der Waals surface area (Å²) in [4.78, 5) is 0. The van der Waals surface area contributed by atoms with Crippen molar-refractivity contribution < 1.29 is 13.2 Å². The van der Waals surface area contributed by atoms with E-state index in [9.17, 15) is 13.2 Å². The summed E-state index contributed by atoms with van der Waals surface area (Å²) in [5.41, 5.74) is -0.243. The first-order chi connectivity index (χ1) is 5.95. The van der Waals surface area contributed by atoms with Crippen molar-refractivity contribution in [2.75, 3.05) is 0 Å². The third kappa shape index (κ3) is 2.83. The Morgan fingerprint density at radius 1 is 1.31 bits per heavy atom. The molecule has 0 nitrogen and oxygen atoms in total. The fourth-order valence-electron chi connectivity index (χ4n) is 0.929. The fraction of sp³-hybridized carbons (Fsp3) is 0.250. The van der Waals surface area contributed by atoms with Crippen molar-refractivity contribution in [3.63, 3.8) is 0 Å². The zero-order valence-corrected chi connectivity index (χ0v) is 10.1. The van der Waals surface area contributed by atoms with Gasteiger partial charge in [-0.2, -0.15) is 13.2 Å². The standard InChI is InChI=1S/C8H5BrF3I/c9-6-2-1-5(4-13)7(3-6)8(10,11)12/h1-3H,4H2. The lowest BCUT2D eigenvalue weighted by Gasteiger charge is -2.11. The van der Waals surface area contributed by atoms with Crippen molar-refractivity contribution in [2.24, 2.45) is 0 Å². The lowest BCUT2D eigenvalue weighted by molar-refractivity contribution is -0.138.